The second-order valence-corrected chi connectivity index (χ2v) is 12.0. The summed E-state index contributed by atoms with van der Waals surface area (Å²) in [5.74, 6) is 1.26. The summed E-state index contributed by atoms with van der Waals surface area (Å²) in [6.07, 6.45) is 3.99. The zero-order valence-electron chi connectivity index (χ0n) is 24.6. The first-order chi connectivity index (χ1) is 19.8. The van der Waals surface area contributed by atoms with E-state index in [2.05, 4.69) is 43.3 Å². The van der Waals surface area contributed by atoms with Crippen molar-refractivity contribution in [1.29, 1.82) is 0 Å². The number of hydrogen-bond donors (Lipinski definition) is 1. The number of carbonyl (C=O) groups is 1. The molecule has 3 atom stereocenters. The number of rotatable bonds is 11. The van der Waals surface area contributed by atoms with Crippen molar-refractivity contribution >= 4 is 5.91 Å². The number of hydrogen-bond acceptors (Lipinski definition) is 5. The van der Waals surface area contributed by atoms with Gasteiger partial charge in [-0.2, -0.15) is 0 Å². The van der Waals surface area contributed by atoms with E-state index in [4.69, 9.17) is 14.2 Å². The molecule has 218 valence electrons. The average molecular weight is 558 g/mol. The lowest BCUT2D eigenvalue weighted by molar-refractivity contribution is -0.136. The van der Waals surface area contributed by atoms with Gasteiger partial charge in [0, 0.05) is 29.8 Å². The molecular formula is C35H43NO5. The zero-order chi connectivity index (χ0) is 28.9. The lowest BCUT2D eigenvalue weighted by Crippen LogP contribution is -2.38. The van der Waals surface area contributed by atoms with Crippen LogP contribution in [0.3, 0.4) is 0 Å². The van der Waals surface area contributed by atoms with Gasteiger partial charge in [-0.3, -0.25) is 4.79 Å². The minimum atomic E-state index is -0.609. The Morgan fingerprint density at radius 1 is 1.00 bits per heavy atom. The molecule has 6 heteroatoms. The normalized spacial score (nSPS) is 22.4. The van der Waals surface area contributed by atoms with E-state index in [9.17, 15) is 9.90 Å². The molecule has 1 amide bonds. The van der Waals surface area contributed by atoms with Gasteiger partial charge in [0.05, 0.1) is 26.4 Å². The summed E-state index contributed by atoms with van der Waals surface area (Å²) >= 11 is 0. The monoisotopic (exact) mass is 557 g/mol. The van der Waals surface area contributed by atoms with Gasteiger partial charge in [0.15, 0.2) is 11.5 Å². The summed E-state index contributed by atoms with van der Waals surface area (Å²) in [7, 11) is 1.66. The Kier molecular flexibility index (Phi) is 9.00. The summed E-state index contributed by atoms with van der Waals surface area (Å²) in [5, 5.41) is 10.9. The molecule has 0 radical (unpaired) electrons. The number of aliphatic hydroxyl groups excluding tert-OH is 1. The van der Waals surface area contributed by atoms with Gasteiger partial charge in [0.2, 0.25) is 5.91 Å². The van der Waals surface area contributed by atoms with E-state index in [1.165, 1.54) is 18.4 Å². The van der Waals surface area contributed by atoms with E-state index in [1.807, 2.05) is 54.3 Å². The summed E-state index contributed by atoms with van der Waals surface area (Å²) in [4.78, 5) is 15.0. The molecule has 3 aromatic carbocycles. The van der Waals surface area contributed by atoms with Crippen molar-refractivity contribution in [2.45, 2.75) is 63.6 Å². The molecule has 5 rings (SSSR count). The van der Waals surface area contributed by atoms with E-state index in [0.29, 0.717) is 37.8 Å². The molecule has 1 aliphatic carbocycles. The molecule has 1 saturated carbocycles. The minimum Gasteiger partial charge on any atom is -0.493 e. The van der Waals surface area contributed by atoms with Gasteiger partial charge in [-0.25, -0.2) is 0 Å². The van der Waals surface area contributed by atoms with Crippen molar-refractivity contribution in [3.05, 3.63) is 95.6 Å². The van der Waals surface area contributed by atoms with Crippen LogP contribution in [0.2, 0.25) is 0 Å². The molecule has 1 saturated heterocycles. The molecule has 0 spiro atoms. The van der Waals surface area contributed by atoms with Crippen molar-refractivity contribution in [2.75, 3.05) is 33.4 Å². The van der Waals surface area contributed by atoms with Crippen LogP contribution >= 0.6 is 0 Å². The molecular weight excluding hydrogens is 514 g/mol. The first-order valence-corrected chi connectivity index (χ1v) is 14.8. The molecule has 0 aromatic heterocycles. The van der Waals surface area contributed by atoms with Crippen LogP contribution in [-0.2, 0) is 21.6 Å². The third kappa shape index (κ3) is 6.29. The van der Waals surface area contributed by atoms with Crippen LogP contribution in [0.4, 0.5) is 0 Å². The van der Waals surface area contributed by atoms with Gasteiger partial charge < -0.3 is 24.2 Å². The van der Waals surface area contributed by atoms with Gasteiger partial charge in [-0.1, -0.05) is 86.5 Å². The van der Waals surface area contributed by atoms with Crippen LogP contribution in [-0.4, -0.2) is 55.4 Å². The average Bonchev–Trinajstić information content (AvgIpc) is 3.63. The van der Waals surface area contributed by atoms with Crippen LogP contribution in [0.15, 0.2) is 78.9 Å². The lowest BCUT2D eigenvalue weighted by atomic mass is 9.72. The van der Waals surface area contributed by atoms with Crippen LogP contribution in [0.1, 0.15) is 62.1 Å². The van der Waals surface area contributed by atoms with E-state index < -0.39 is 11.5 Å². The summed E-state index contributed by atoms with van der Waals surface area (Å²) in [6.45, 7) is 5.83. The molecule has 1 N–H and O–H groups in total. The van der Waals surface area contributed by atoms with Gasteiger partial charge in [-0.05, 0) is 48.6 Å². The maximum Gasteiger partial charge on any atom is 0.248 e. The van der Waals surface area contributed by atoms with Crippen LogP contribution in [0, 0.1) is 5.41 Å². The van der Waals surface area contributed by atoms with Gasteiger partial charge in [-0.15, -0.1) is 0 Å². The highest BCUT2D eigenvalue weighted by molar-refractivity contribution is 5.78. The number of likely N-dealkylation sites (tertiary alicyclic amines) is 1. The number of aliphatic hydroxyl groups is 1. The Balaban J connectivity index is 1.32. The third-order valence-corrected chi connectivity index (χ3v) is 9.42. The summed E-state index contributed by atoms with van der Waals surface area (Å²) < 4.78 is 18.0. The number of ether oxygens (including phenoxy) is 3. The highest BCUT2D eigenvalue weighted by atomic mass is 16.5. The lowest BCUT2D eigenvalue weighted by Gasteiger charge is -2.34. The summed E-state index contributed by atoms with van der Waals surface area (Å²) in [5.41, 5.74) is 2.87. The van der Waals surface area contributed by atoms with Crippen molar-refractivity contribution in [2.24, 2.45) is 5.41 Å². The highest BCUT2D eigenvalue weighted by Crippen LogP contribution is 2.47. The fraction of sp³-hybridized carbons (Fsp3) is 0.457. The van der Waals surface area contributed by atoms with Crippen molar-refractivity contribution in [1.82, 2.24) is 4.90 Å². The molecule has 2 unspecified atom stereocenters. The van der Waals surface area contributed by atoms with Gasteiger partial charge in [0.25, 0.3) is 0 Å². The van der Waals surface area contributed by atoms with Gasteiger partial charge in [0.1, 0.15) is 6.61 Å². The minimum absolute atomic E-state index is 0.00721. The second kappa shape index (κ2) is 12.7. The maximum absolute atomic E-state index is 13.2. The topological polar surface area (TPSA) is 68.2 Å². The van der Waals surface area contributed by atoms with Crippen LogP contribution in [0.25, 0.3) is 0 Å². The fourth-order valence-corrected chi connectivity index (χ4v) is 6.63. The molecule has 1 aliphatic heterocycles. The van der Waals surface area contributed by atoms with Crippen molar-refractivity contribution in [3.8, 4) is 11.5 Å². The Labute approximate surface area is 244 Å². The molecule has 1 heterocycles. The third-order valence-electron chi connectivity index (χ3n) is 9.42. The van der Waals surface area contributed by atoms with E-state index in [1.54, 1.807) is 7.11 Å². The Morgan fingerprint density at radius 3 is 2.34 bits per heavy atom. The first kappa shape index (κ1) is 29.2. The van der Waals surface area contributed by atoms with E-state index in [-0.39, 0.29) is 23.8 Å². The smallest absolute Gasteiger partial charge is 0.248 e. The fourth-order valence-electron chi connectivity index (χ4n) is 6.63. The number of amides is 1. The Bertz CT molecular complexity index is 1290. The van der Waals surface area contributed by atoms with Gasteiger partial charge >= 0.3 is 0 Å². The standard InChI is InChI=1S/C35H43NO5/c1-26(37)34(2)24-36(33(38)23-40-22-27-12-6-4-7-13-27)21-30(34)28-16-17-31(39-3)32(20-28)41-25-35(18-10-11-19-35)29-14-8-5-9-15-29/h4-9,12-17,20,26,30,37H,10-11,18-19,21-25H2,1-3H3/t26-,30?,34?/m0/s1. The van der Waals surface area contributed by atoms with E-state index in [0.717, 1.165) is 24.0 Å². The summed E-state index contributed by atoms with van der Waals surface area (Å²) in [6, 6.07) is 26.6. The SMILES string of the molecule is COc1ccc(C2CN(C(=O)COCc3ccccc3)CC2(C)[C@H](C)O)cc1OCC1(c2ccccc2)CCCC1. The van der Waals surface area contributed by atoms with Crippen molar-refractivity contribution in [3.63, 3.8) is 0 Å². The molecule has 2 aliphatic rings. The number of benzene rings is 3. The predicted octanol–water partition coefficient (Wildman–Crippen LogP) is 6.12. The highest BCUT2D eigenvalue weighted by Gasteiger charge is 2.48. The molecule has 3 aromatic rings. The Hall–Kier alpha value is -3.35. The first-order valence-electron chi connectivity index (χ1n) is 14.8. The quantitative estimate of drug-likeness (QED) is 0.308. The predicted molar refractivity (Wildman–Crippen MR) is 160 cm³/mol. The number of nitrogens with zero attached hydrogens (tertiary/aromatic N) is 1. The largest absolute Gasteiger partial charge is 0.493 e. The molecule has 0 bridgehead atoms. The molecule has 41 heavy (non-hydrogen) atoms. The zero-order valence-corrected chi connectivity index (χ0v) is 24.6. The second-order valence-electron chi connectivity index (χ2n) is 12.0. The van der Waals surface area contributed by atoms with E-state index >= 15 is 0 Å². The van der Waals surface area contributed by atoms with Crippen LogP contribution < -0.4 is 9.47 Å². The van der Waals surface area contributed by atoms with Crippen molar-refractivity contribution < 1.29 is 24.1 Å². The molecule has 2 fully saturated rings. The number of carbonyl (C=O) groups excluding carboxylic acids is 1. The Morgan fingerprint density at radius 2 is 1.68 bits per heavy atom. The van der Waals surface area contributed by atoms with Crippen LogP contribution in [0.5, 0.6) is 11.5 Å². The number of methoxy groups -OCH3 is 1. The maximum atomic E-state index is 13.2. The molecule has 6 nitrogen and oxygen atoms in total.